The summed E-state index contributed by atoms with van der Waals surface area (Å²) in [7, 11) is 4.30. The molecule has 2 aromatic carbocycles. The zero-order chi connectivity index (χ0) is 25.4. The van der Waals surface area contributed by atoms with Gasteiger partial charge in [-0.15, -0.1) is 0 Å². The van der Waals surface area contributed by atoms with Crippen molar-refractivity contribution in [2.24, 2.45) is 11.8 Å². The van der Waals surface area contributed by atoms with Gasteiger partial charge in [0.1, 0.15) is 11.8 Å². The number of aromatic nitrogens is 2. The lowest BCUT2D eigenvalue weighted by atomic mass is 9.72. The van der Waals surface area contributed by atoms with E-state index in [2.05, 4.69) is 9.97 Å². The predicted octanol–water partition coefficient (Wildman–Crippen LogP) is 3.66. The molecule has 3 heterocycles. The molecule has 0 amide bonds. The second kappa shape index (κ2) is 9.47. The lowest BCUT2D eigenvalue weighted by Crippen LogP contribution is -2.54. The molecule has 0 saturated carbocycles. The molecule has 4 atom stereocenters. The number of carbonyl (C=O) groups is 3. The van der Waals surface area contributed by atoms with Crippen molar-refractivity contribution in [2.75, 3.05) is 21.3 Å². The number of hydrogen-bond acceptors (Lipinski definition) is 8. The highest BCUT2D eigenvalue weighted by atomic mass is 16.5. The van der Waals surface area contributed by atoms with E-state index in [0.717, 1.165) is 32.9 Å². The molecule has 2 aromatic heterocycles. The number of para-hydroxylation sites is 2. The quantitative estimate of drug-likeness (QED) is 0.320. The lowest BCUT2D eigenvalue weighted by Gasteiger charge is -2.46. The molecule has 4 aromatic rings. The summed E-state index contributed by atoms with van der Waals surface area (Å²) in [5.41, 5.74) is 2.97. The number of likely N-dealkylation sites (tertiary alicyclic amines) is 1. The van der Waals surface area contributed by atoms with E-state index in [1.807, 2.05) is 72.6 Å². The van der Waals surface area contributed by atoms with E-state index in [1.54, 1.807) is 12.4 Å². The van der Waals surface area contributed by atoms with Gasteiger partial charge in [-0.3, -0.25) is 29.3 Å². The van der Waals surface area contributed by atoms with Crippen molar-refractivity contribution in [3.63, 3.8) is 0 Å². The fraction of sp³-hybridized carbons (Fsp3) is 0.250. The number of rotatable bonds is 4. The summed E-state index contributed by atoms with van der Waals surface area (Å²) in [4.78, 5) is 51.1. The van der Waals surface area contributed by atoms with Gasteiger partial charge in [0.25, 0.3) is 0 Å². The number of ether oxygens (including phenoxy) is 2. The molecule has 0 bridgehead atoms. The number of nitrogens with zero attached hydrogens (tertiary/aromatic N) is 3. The van der Waals surface area contributed by atoms with Crippen LogP contribution in [-0.2, 0) is 23.9 Å². The van der Waals surface area contributed by atoms with Crippen LogP contribution in [0.4, 0.5) is 0 Å². The van der Waals surface area contributed by atoms with Gasteiger partial charge in [-0.2, -0.15) is 0 Å². The summed E-state index contributed by atoms with van der Waals surface area (Å²) in [6.07, 6.45) is 3.32. The van der Waals surface area contributed by atoms with Crippen molar-refractivity contribution in [3.8, 4) is 0 Å². The first kappa shape index (κ1) is 23.6. The number of hydrogen-bond donors (Lipinski definition) is 0. The van der Waals surface area contributed by atoms with Gasteiger partial charge in [-0.1, -0.05) is 36.4 Å². The van der Waals surface area contributed by atoms with Gasteiger partial charge in [-0.05, 0) is 42.4 Å². The Morgan fingerprint density at radius 2 is 1.14 bits per heavy atom. The maximum atomic E-state index is 14.1. The van der Waals surface area contributed by atoms with Crippen molar-refractivity contribution in [1.82, 2.24) is 14.9 Å². The molecule has 1 aliphatic rings. The van der Waals surface area contributed by atoms with E-state index in [0.29, 0.717) is 0 Å². The topological polar surface area (TPSA) is 98.7 Å². The van der Waals surface area contributed by atoms with Crippen LogP contribution in [0.3, 0.4) is 0 Å². The summed E-state index contributed by atoms with van der Waals surface area (Å²) in [6.45, 7) is 0. The van der Waals surface area contributed by atoms with E-state index in [-0.39, 0.29) is 0 Å². The molecule has 8 nitrogen and oxygen atoms in total. The largest absolute Gasteiger partial charge is 0.468 e. The predicted molar refractivity (Wildman–Crippen MR) is 133 cm³/mol. The average molecular weight is 484 g/mol. The van der Waals surface area contributed by atoms with E-state index in [9.17, 15) is 14.4 Å². The number of esters is 2. The van der Waals surface area contributed by atoms with Gasteiger partial charge in [0.2, 0.25) is 0 Å². The number of carbonyl (C=O) groups excluding carboxylic acids is 3. The van der Waals surface area contributed by atoms with Crippen LogP contribution >= 0.6 is 0 Å². The maximum Gasteiger partial charge on any atom is 0.318 e. The average Bonchev–Trinajstić information content (AvgIpc) is 2.92. The molecule has 0 N–H and O–H groups in total. The van der Waals surface area contributed by atoms with Crippen LogP contribution < -0.4 is 0 Å². The Balaban J connectivity index is 1.78. The minimum absolute atomic E-state index is 0.538. The zero-order valence-corrected chi connectivity index (χ0v) is 20.1. The van der Waals surface area contributed by atoms with E-state index in [4.69, 9.17) is 9.47 Å². The first-order valence-electron chi connectivity index (χ1n) is 11.6. The van der Waals surface area contributed by atoms with Crippen molar-refractivity contribution in [2.45, 2.75) is 12.1 Å². The Morgan fingerprint density at radius 1 is 0.722 bits per heavy atom. The van der Waals surface area contributed by atoms with Gasteiger partial charge in [-0.25, -0.2) is 0 Å². The number of piperidine rings is 1. The molecule has 0 aliphatic carbocycles. The molecule has 4 unspecified atom stereocenters. The van der Waals surface area contributed by atoms with Gasteiger partial charge in [0.05, 0.1) is 37.3 Å². The molecule has 1 aliphatic heterocycles. The van der Waals surface area contributed by atoms with Gasteiger partial charge in [0, 0.05) is 23.2 Å². The first-order valence-corrected chi connectivity index (χ1v) is 11.6. The molecule has 1 fully saturated rings. The summed E-state index contributed by atoms with van der Waals surface area (Å²) >= 11 is 0. The fourth-order valence-corrected chi connectivity index (χ4v) is 5.44. The molecule has 1 saturated heterocycles. The smallest absolute Gasteiger partial charge is 0.318 e. The normalized spacial score (nSPS) is 22.5. The Hall–Kier alpha value is -4.17. The van der Waals surface area contributed by atoms with Crippen LogP contribution in [-0.4, -0.2) is 53.9 Å². The number of ketones is 1. The zero-order valence-electron chi connectivity index (χ0n) is 20.1. The molecule has 8 heteroatoms. The second-order valence-corrected chi connectivity index (χ2v) is 8.79. The van der Waals surface area contributed by atoms with Crippen molar-refractivity contribution in [1.29, 1.82) is 0 Å². The van der Waals surface area contributed by atoms with Gasteiger partial charge in [0.15, 0.2) is 5.78 Å². The highest BCUT2D eigenvalue weighted by molar-refractivity contribution is 6.11. The summed E-state index contributed by atoms with van der Waals surface area (Å²) < 4.78 is 10.2. The SMILES string of the molecule is COC(=O)C1C(=O)C(C(=O)OC)C(c2ccnc3ccccc23)N(C)C1c1ccnc2ccccc12. The van der Waals surface area contributed by atoms with E-state index < -0.39 is 41.6 Å². The van der Waals surface area contributed by atoms with E-state index in [1.165, 1.54) is 14.2 Å². The Morgan fingerprint density at radius 3 is 1.56 bits per heavy atom. The summed E-state index contributed by atoms with van der Waals surface area (Å²) in [6, 6.07) is 17.3. The minimum Gasteiger partial charge on any atom is -0.468 e. The van der Waals surface area contributed by atoms with Crippen molar-refractivity contribution in [3.05, 3.63) is 84.2 Å². The van der Waals surface area contributed by atoms with E-state index >= 15 is 0 Å². The number of pyridine rings is 2. The van der Waals surface area contributed by atoms with Crippen LogP contribution in [0.25, 0.3) is 21.8 Å². The third-order valence-electron chi connectivity index (χ3n) is 7.04. The van der Waals surface area contributed by atoms with Crippen molar-refractivity contribution >= 4 is 39.5 Å². The molecule has 36 heavy (non-hydrogen) atoms. The fourth-order valence-electron chi connectivity index (χ4n) is 5.44. The van der Waals surface area contributed by atoms with Crippen LogP contribution in [0, 0.1) is 11.8 Å². The molecule has 5 rings (SSSR count). The molecular weight excluding hydrogens is 458 g/mol. The highest BCUT2D eigenvalue weighted by Gasteiger charge is 2.55. The minimum atomic E-state index is -1.24. The Bertz CT molecular complexity index is 1370. The summed E-state index contributed by atoms with van der Waals surface area (Å²) in [5, 5.41) is 1.63. The number of Topliss-reactive ketones (excluding diaryl/α,β-unsaturated/α-hetero) is 1. The molecular formula is C28H25N3O5. The van der Waals surface area contributed by atoms with Gasteiger partial charge >= 0.3 is 11.9 Å². The van der Waals surface area contributed by atoms with Crippen LogP contribution in [0.1, 0.15) is 23.2 Å². The number of fused-ring (bicyclic) bond motifs is 2. The van der Waals surface area contributed by atoms with Crippen LogP contribution in [0.15, 0.2) is 73.1 Å². The summed E-state index contributed by atoms with van der Waals surface area (Å²) in [5.74, 6) is -4.42. The Kier molecular flexibility index (Phi) is 6.20. The molecule has 0 spiro atoms. The Labute approximate surface area is 207 Å². The lowest BCUT2D eigenvalue weighted by molar-refractivity contribution is -0.167. The number of methoxy groups -OCH3 is 2. The standard InChI is InChI=1S/C28H25N3O5/c1-31-24(18-12-14-29-20-10-6-4-8-16(18)20)22(27(33)35-2)26(32)23(28(34)36-3)25(31)19-13-15-30-21-11-7-5-9-17(19)21/h4-15,22-25H,1-3H3. The third kappa shape index (κ3) is 3.70. The maximum absolute atomic E-state index is 14.1. The van der Waals surface area contributed by atoms with Crippen LogP contribution in [0.5, 0.6) is 0 Å². The number of benzene rings is 2. The second-order valence-electron chi connectivity index (χ2n) is 8.79. The van der Waals surface area contributed by atoms with Crippen LogP contribution in [0.2, 0.25) is 0 Å². The van der Waals surface area contributed by atoms with Gasteiger partial charge < -0.3 is 9.47 Å². The third-order valence-corrected chi connectivity index (χ3v) is 7.04. The first-order chi connectivity index (χ1) is 17.5. The molecule has 182 valence electrons. The monoisotopic (exact) mass is 483 g/mol. The molecule has 0 radical (unpaired) electrons. The van der Waals surface area contributed by atoms with Crippen molar-refractivity contribution < 1.29 is 23.9 Å². The highest BCUT2D eigenvalue weighted by Crippen LogP contribution is 2.48.